The van der Waals surface area contributed by atoms with Crippen molar-refractivity contribution in [2.45, 2.75) is 82.7 Å². The summed E-state index contributed by atoms with van der Waals surface area (Å²) >= 11 is 0. The van der Waals surface area contributed by atoms with Gasteiger partial charge in [0, 0.05) is 37.0 Å². The highest BCUT2D eigenvalue weighted by molar-refractivity contribution is 5.84. The van der Waals surface area contributed by atoms with Crippen LogP contribution in [-0.4, -0.2) is 71.6 Å². The molecule has 0 aromatic heterocycles. The van der Waals surface area contributed by atoms with E-state index in [0.29, 0.717) is 17.5 Å². The number of hydrogen-bond donors (Lipinski definition) is 2. The molecular formula is C31H39F5N4O2. The number of hydrogen-bond acceptors (Lipinski definition) is 4. The van der Waals surface area contributed by atoms with Gasteiger partial charge in [-0.05, 0) is 62.3 Å². The molecule has 2 aliphatic rings. The Hall–Kier alpha value is -3.05. The molecule has 0 bridgehead atoms. The van der Waals surface area contributed by atoms with E-state index in [1.165, 1.54) is 13.0 Å². The van der Waals surface area contributed by atoms with E-state index in [4.69, 9.17) is 5.73 Å². The number of aryl methyl sites for hydroxylation is 1. The van der Waals surface area contributed by atoms with Gasteiger partial charge in [0.2, 0.25) is 11.8 Å². The Labute approximate surface area is 243 Å². The lowest BCUT2D eigenvalue weighted by molar-refractivity contribution is -0.171. The zero-order valence-electron chi connectivity index (χ0n) is 24.3. The Bertz CT molecular complexity index is 1290. The van der Waals surface area contributed by atoms with Crippen LogP contribution in [0.25, 0.3) is 0 Å². The molecule has 2 aromatic rings. The highest BCUT2D eigenvalue weighted by Crippen LogP contribution is 2.37. The molecule has 0 spiro atoms. The van der Waals surface area contributed by atoms with Crippen LogP contribution in [0.1, 0.15) is 62.1 Å². The maximum atomic E-state index is 15.1. The van der Waals surface area contributed by atoms with Gasteiger partial charge in [-0.15, -0.1) is 0 Å². The lowest BCUT2D eigenvalue weighted by atomic mass is 9.80. The molecule has 2 saturated heterocycles. The minimum absolute atomic E-state index is 0.126. The summed E-state index contributed by atoms with van der Waals surface area (Å²) in [4.78, 5) is 28.7. The fraction of sp³-hybridized carbons (Fsp3) is 0.548. The number of likely N-dealkylation sites (tertiary alicyclic amines) is 2. The van der Waals surface area contributed by atoms with Crippen LogP contribution >= 0.6 is 0 Å². The third-order valence-electron chi connectivity index (χ3n) is 8.82. The third kappa shape index (κ3) is 6.78. The van der Waals surface area contributed by atoms with Crippen molar-refractivity contribution in [2.24, 2.45) is 11.7 Å². The van der Waals surface area contributed by atoms with Crippen LogP contribution < -0.4 is 11.1 Å². The van der Waals surface area contributed by atoms with Gasteiger partial charge in [-0.25, -0.2) is 8.78 Å². The number of carbonyl (C=O) groups excluding carboxylic acids is 2. The van der Waals surface area contributed by atoms with Crippen molar-refractivity contribution in [3.63, 3.8) is 0 Å². The van der Waals surface area contributed by atoms with Crippen molar-refractivity contribution in [3.8, 4) is 0 Å². The summed E-state index contributed by atoms with van der Waals surface area (Å²) < 4.78 is 70.2. The zero-order valence-corrected chi connectivity index (χ0v) is 24.3. The molecule has 2 fully saturated rings. The van der Waals surface area contributed by atoms with Crippen molar-refractivity contribution in [1.29, 1.82) is 0 Å². The fourth-order valence-corrected chi connectivity index (χ4v) is 6.46. The molecule has 2 amide bonds. The summed E-state index contributed by atoms with van der Waals surface area (Å²) in [6.45, 7) is 5.85. The number of halogens is 5. The minimum atomic E-state index is -4.62. The van der Waals surface area contributed by atoms with Gasteiger partial charge in [-0.1, -0.05) is 43.3 Å². The maximum Gasteiger partial charge on any atom is 0.406 e. The molecule has 0 radical (unpaired) electrons. The number of carbonyl (C=O) groups is 2. The maximum absolute atomic E-state index is 15.1. The van der Waals surface area contributed by atoms with E-state index in [1.807, 2.05) is 13.8 Å². The molecule has 3 N–H and O–H groups in total. The topological polar surface area (TPSA) is 78.7 Å². The normalized spacial score (nSPS) is 27.9. The van der Waals surface area contributed by atoms with Gasteiger partial charge < -0.3 is 20.9 Å². The van der Waals surface area contributed by atoms with E-state index in [-0.39, 0.29) is 54.7 Å². The minimum Gasteiger partial charge on any atom is -0.338 e. The highest BCUT2D eigenvalue weighted by Gasteiger charge is 2.45. The predicted octanol–water partition coefficient (Wildman–Crippen LogP) is 4.87. The molecule has 7 atom stereocenters. The molecule has 2 heterocycles. The second-order valence-corrected chi connectivity index (χ2v) is 11.9. The lowest BCUT2D eigenvalue weighted by Crippen LogP contribution is -2.60. The van der Waals surface area contributed by atoms with Crippen molar-refractivity contribution < 1.29 is 31.5 Å². The standard InChI is InChI=1S/C31H39F5N4O2/c1-17(15-39-19(3)23(12-26(37)29(39)41)21-9-5-6-11-25(21)32)14-38-27-13-24(22-10-7-8-18(2)28(22)33)20(4)40(30(27)42)16-31(34,35)36/h5-11,17,19-20,23-24,26-27,38H,12-16,37H2,1-4H3/t17?,19-,20-,23-,24-,26+,27+/m1/s1. The molecule has 42 heavy (non-hydrogen) atoms. The van der Waals surface area contributed by atoms with Crippen LogP contribution in [0.4, 0.5) is 22.0 Å². The Balaban J connectivity index is 1.50. The molecule has 1 unspecified atom stereocenters. The van der Waals surface area contributed by atoms with Gasteiger partial charge in [-0.3, -0.25) is 9.59 Å². The van der Waals surface area contributed by atoms with Gasteiger partial charge in [0.25, 0.3) is 0 Å². The molecule has 2 aromatic carbocycles. The van der Waals surface area contributed by atoms with Crippen molar-refractivity contribution >= 4 is 11.8 Å². The van der Waals surface area contributed by atoms with Gasteiger partial charge >= 0.3 is 6.18 Å². The van der Waals surface area contributed by atoms with Gasteiger partial charge in [0.05, 0.1) is 12.1 Å². The Morgan fingerprint density at radius 2 is 1.55 bits per heavy atom. The largest absolute Gasteiger partial charge is 0.406 e. The van der Waals surface area contributed by atoms with Crippen LogP contribution in [0.2, 0.25) is 0 Å². The van der Waals surface area contributed by atoms with Gasteiger partial charge in [-0.2, -0.15) is 13.2 Å². The van der Waals surface area contributed by atoms with Crippen LogP contribution in [0.15, 0.2) is 42.5 Å². The summed E-state index contributed by atoms with van der Waals surface area (Å²) in [5.41, 5.74) is 7.31. The van der Waals surface area contributed by atoms with Gasteiger partial charge in [0.1, 0.15) is 18.2 Å². The summed E-state index contributed by atoms with van der Waals surface area (Å²) in [6, 6.07) is 8.24. The Morgan fingerprint density at radius 1 is 0.929 bits per heavy atom. The summed E-state index contributed by atoms with van der Waals surface area (Å²) in [6.07, 6.45) is -4.18. The van der Waals surface area contributed by atoms with Crippen LogP contribution in [0.5, 0.6) is 0 Å². The molecule has 4 rings (SSSR count). The lowest BCUT2D eigenvalue weighted by Gasteiger charge is -2.44. The average Bonchev–Trinajstić information content (AvgIpc) is 2.92. The monoisotopic (exact) mass is 594 g/mol. The molecule has 6 nitrogen and oxygen atoms in total. The molecular weight excluding hydrogens is 555 g/mol. The zero-order chi connectivity index (χ0) is 30.9. The quantitative estimate of drug-likeness (QED) is 0.428. The number of benzene rings is 2. The Morgan fingerprint density at radius 3 is 2.21 bits per heavy atom. The third-order valence-corrected chi connectivity index (χ3v) is 8.82. The summed E-state index contributed by atoms with van der Waals surface area (Å²) in [5.74, 6) is -2.97. The number of nitrogens with two attached hydrogens (primary N) is 1. The number of alkyl halides is 3. The second kappa shape index (κ2) is 12.7. The van der Waals surface area contributed by atoms with E-state index in [9.17, 15) is 27.2 Å². The van der Waals surface area contributed by atoms with Crippen molar-refractivity contribution in [1.82, 2.24) is 15.1 Å². The number of rotatable bonds is 8. The molecule has 230 valence electrons. The SMILES string of the molecule is Cc1cccc([C@@H]2C[C@H](NCC(C)CN3C(=O)[C@@H](N)C[C@@H](c4ccccc4F)[C@H]3C)C(=O)N(CC(F)(F)F)[C@@H]2C)c1F. The van der Waals surface area contributed by atoms with Crippen molar-refractivity contribution in [2.75, 3.05) is 19.6 Å². The van der Waals surface area contributed by atoms with E-state index in [1.54, 1.807) is 48.2 Å². The number of amides is 2. The molecule has 2 aliphatic heterocycles. The first-order chi connectivity index (χ1) is 19.7. The van der Waals surface area contributed by atoms with Crippen LogP contribution in [0, 0.1) is 24.5 Å². The first-order valence-corrected chi connectivity index (χ1v) is 14.4. The average molecular weight is 595 g/mol. The number of nitrogens with one attached hydrogen (secondary N) is 1. The molecule has 0 saturated carbocycles. The smallest absolute Gasteiger partial charge is 0.338 e. The fourth-order valence-electron chi connectivity index (χ4n) is 6.46. The highest BCUT2D eigenvalue weighted by atomic mass is 19.4. The van der Waals surface area contributed by atoms with E-state index in [0.717, 1.165) is 4.90 Å². The second-order valence-electron chi connectivity index (χ2n) is 11.9. The van der Waals surface area contributed by atoms with Gasteiger partial charge in [0.15, 0.2) is 0 Å². The number of piperidine rings is 2. The van der Waals surface area contributed by atoms with Crippen molar-refractivity contribution in [3.05, 3.63) is 70.8 Å². The molecule has 0 aliphatic carbocycles. The van der Waals surface area contributed by atoms with E-state index < -0.39 is 48.5 Å². The van der Waals surface area contributed by atoms with Crippen LogP contribution in [-0.2, 0) is 9.59 Å². The number of nitrogens with zero attached hydrogens (tertiary/aromatic N) is 2. The Kier molecular flexibility index (Phi) is 9.62. The summed E-state index contributed by atoms with van der Waals surface area (Å²) in [5, 5.41) is 3.11. The summed E-state index contributed by atoms with van der Waals surface area (Å²) in [7, 11) is 0. The van der Waals surface area contributed by atoms with E-state index >= 15 is 4.39 Å². The predicted molar refractivity (Wildman–Crippen MR) is 150 cm³/mol. The first-order valence-electron chi connectivity index (χ1n) is 14.4. The first kappa shape index (κ1) is 31.9. The van der Waals surface area contributed by atoms with E-state index in [2.05, 4.69) is 5.32 Å². The van der Waals surface area contributed by atoms with Crippen LogP contribution in [0.3, 0.4) is 0 Å². The molecule has 11 heteroatoms.